The summed E-state index contributed by atoms with van der Waals surface area (Å²) in [5.41, 5.74) is 0.447. The molecule has 0 aliphatic rings. The topological polar surface area (TPSA) is 98.7 Å². The van der Waals surface area contributed by atoms with Crippen LogP contribution in [-0.2, 0) is 4.74 Å². The minimum absolute atomic E-state index is 0.382. The zero-order valence-electron chi connectivity index (χ0n) is 8.76. The maximum Gasteiger partial charge on any atom is 0.341 e. The molecule has 0 spiro atoms. The van der Waals surface area contributed by atoms with Gasteiger partial charge < -0.3 is 24.5 Å². The number of hydrogen-bond acceptors (Lipinski definition) is 6. The van der Waals surface area contributed by atoms with Gasteiger partial charge in [-0.1, -0.05) is 12.1 Å². The van der Waals surface area contributed by atoms with Crippen molar-refractivity contribution >= 4 is 12.1 Å². The number of rotatable bonds is 2. The summed E-state index contributed by atoms with van der Waals surface area (Å²) in [5, 5.41) is 16.7. The van der Waals surface area contributed by atoms with Crippen molar-refractivity contribution in [1.82, 2.24) is 0 Å². The number of carbonyl (C=O) groups is 2. The van der Waals surface area contributed by atoms with Gasteiger partial charge in [-0.15, -0.1) is 0 Å². The molecule has 0 aliphatic heterocycles. The molecule has 0 radical (unpaired) electrons. The van der Waals surface area contributed by atoms with E-state index in [0.29, 0.717) is 11.3 Å². The Morgan fingerprint density at radius 3 is 2.06 bits per heavy atom. The minimum Gasteiger partial charge on any atom is -0.652 e. The van der Waals surface area contributed by atoms with Crippen molar-refractivity contribution in [3.8, 4) is 5.75 Å². The molecule has 0 bridgehead atoms. The van der Waals surface area contributed by atoms with E-state index in [1.807, 2.05) is 0 Å². The molecule has 1 aromatic rings. The van der Waals surface area contributed by atoms with E-state index in [2.05, 4.69) is 4.74 Å². The monoisotopic (exact) mass is 226 g/mol. The van der Waals surface area contributed by atoms with Crippen LogP contribution in [0.15, 0.2) is 24.3 Å². The molecule has 0 heterocycles. The van der Waals surface area contributed by atoms with Crippen LogP contribution in [0.4, 0.5) is 4.79 Å². The van der Waals surface area contributed by atoms with Gasteiger partial charge in [0.05, 0.1) is 14.2 Å². The molecular formula is C10H10O6-2. The highest BCUT2D eigenvalue weighted by molar-refractivity contribution is 5.92. The fourth-order valence-electron chi connectivity index (χ4n) is 0.923. The minimum atomic E-state index is -2.33. The second kappa shape index (κ2) is 7.10. The molecule has 1 aromatic carbocycles. The summed E-state index contributed by atoms with van der Waals surface area (Å²) in [7, 11) is 2.86. The Balaban J connectivity index is 0.000000487. The summed E-state index contributed by atoms with van der Waals surface area (Å²) in [5.74, 6) is 0.150. The Hall–Kier alpha value is -2.24. The molecule has 6 nitrogen and oxygen atoms in total. The van der Waals surface area contributed by atoms with Crippen molar-refractivity contribution in [2.75, 3.05) is 14.2 Å². The maximum atomic E-state index is 11.1. The quantitative estimate of drug-likeness (QED) is 0.602. The Kier molecular flexibility index (Phi) is 6.11. The van der Waals surface area contributed by atoms with Crippen LogP contribution in [0.2, 0.25) is 0 Å². The third kappa shape index (κ3) is 4.85. The van der Waals surface area contributed by atoms with Crippen LogP contribution in [0.1, 0.15) is 10.4 Å². The van der Waals surface area contributed by atoms with Crippen LogP contribution in [-0.4, -0.2) is 26.3 Å². The zero-order chi connectivity index (χ0) is 12.6. The number of ether oxygens (including phenoxy) is 2. The summed E-state index contributed by atoms with van der Waals surface area (Å²) in [6.45, 7) is 0. The van der Waals surface area contributed by atoms with Gasteiger partial charge in [-0.05, 0) is 18.3 Å². The fraction of sp³-hybridized carbons (Fsp3) is 0.200. The van der Waals surface area contributed by atoms with Crippen molar-refractivity contribution < 1.29 is 29.3 Å². The summed E-state index contributed by atoms with van der Waals surface area (Å²) in [4.78, 5) is 19.4. The van der Waals surface area contributed by atoms with Crippen molar-refractivity contribution in [1.29, 1.82) is 0 Å². The molecule has 0 aliphatic carbocycles. The average molecular weight is 226 g/mol. The normalized spacial score (nSPS) is 8.38. The number of esters is 1. The summed E-state index contributed by atoms with van der Waals surface area (Å²) in [6.07, 6.45) is -2.33. The van der Waals surface area contributed by atoms with Crippen molar-refractivity contribution in [3.05, 3.63) is 29.8 Å². The molecule has 0 amide bonds. The first-order valence-corrected chi connectivity index (χ1v) is 4.12. The standard InChI is InChI=1S/C9H10O3.CH2O3/c1-11-8-6-4-3-5-7(8)9(10)12-2;2-1(3)4/h3-6H,1-2H3;(H2,2,3,4)/p-2. The van der Waals surface area contributed by atoms with E-state index in [1.165, 1.54) is 14.2 Å². The van der Waals surface area contributed by atoms with Gasteiger partial charge in [0.2, 0.25) is 0 Å². The summed E-state index contributed by atoms with van der Waals surface area (Å²) in [6, 6.07) is 6.93. The molecular weight excluding hydrogens is 216 g/mol. The lowest BCUT2D eigenvalue weighted by Gasteiger charge is -2.04. The number of benzene rings is 1. The van der Waals surface area contributed by atoms with Crippen LogP contribution < -0.4 is 14.9 Å². The van der Waals surface area contributed by atoms with Gasteiger partial charge in [0.15, 0.2) is 0 Å². The highest BCUT2D eigenvalue weighted by atomic mass is 16.6. The third-order valence-corrected chi connectivity index (χ3v) is 1.51. The van der Waals surface area contributed by atoms with Crippen molar-refractivity contribution in [2.24, 2.45) is 0 Å². The first-order chi connectivity index (χ1) is 7.52. The van der Waals surface area contributed by atoms with E-state index in [0.717, 1.165) is 0 Å². The number of carboxylic acid groups (broad SMARTS) is 2. The number of hydrogen-bond donors (Lipinski definition) is 0. The maximum absolute atomic E-state index is 11.1. The van der Waals surface area contributed by atoms with Crippen molar-refractivity contribution in [3.63, 3.8) is 0 Å². The summed E-state index contributed by atoms with van der Waals surface area (Å²) < 4.78 is 9.53. The molecule has 0 N–H and O–H groups in total. The molecule has 16 heavy (non-hydrogen) atoms. The van der Waals surface area contributed by atoms with E-state index in [9.17, 15) is 4.79 Å². The Morgan fingerprint density at radius 1 is 1.12 bits per heavy atom. The summed E-state index contributed by atoms with van der Waals surface area (Å²) >= 11 is 0. The van der Waals surface area contributed by atoms with Gasteiger partial charge >= 0.3 is 5.97 Å². The van der Waals surface area contributed by atoms with E-state index in [4.69, 9.17) is 19.7 Å². The highest BCUT2D eigenvalue weighted by Crippen LogP contribution is 2.17. The molecule has 0 saturated heterocycles. The SMILES string of the molecule is COC(=O)c1ccccc1OC.O=C([O-])[O-]. The van der Waals surface area contributed by atoms with Crippen LogP contribution in [0, 0.1) is 0 Å². The Morgan fingerprint density at radius 2 is 1.62 bits per heavy atom. The molecule has 0 fully saturated rings. The molecule has 0 atom stereocenters. The smallest absolute Gasteiger partial charge is 0.341 e. The van der Waals surface area contributed by atoms with Gasteiger partial charge in [-0.3, -0.25) is 0 Å². The predicted molar refractivity (Wildman–Crippen MR) is 49.7 cm³/mol. The van der Waals surface area contributed by atoms with Crippen LogP contribution >= 0.6 is 0 Å². The van der Waals surface area contributed by atoms with Gasteiger partial charge in [0.25, 0.3) is 0 Å². The molecule has 0 aromatic heterocycles. The first kappa shape index (κ1) is 13.8. The predicted octanol–water partition coefficient (Wildman–Crippen LogP) is -0.965. The number of para-hydroxylation sites is 1. The Labute approximate surface area is 92.0 Å². The van der Waals surface area contributed by atoms with Crippen LogP contribution in [0.25, 0.3) is 0 Å². The third-order valence-electron chi connectivity index (χ3n) is 1.51. The number of carbonyl (C=O) groups excluding carboxylic acids is 2. The van der Waals surface area contributed by atoms with E-state index in [1.54, 1.807) is 24.3 Å². The van der Waals surface area contributed by atoms with Crippen LogP contribution in [0.5, 0.6) is 5.75 Å². The molecule has 6 heteroatoms. The fourth-order valence-corrected chi connectivity index (χ4v) is 0.923. The van der Waals surface area contributed by atoms with Gasteiger partial charge in [0.1, 0.15) is 11.3 Å². The average Bonchev–Trinajstić information content (AvgIpc) is 2.27. The highest BCUT2D eigenvalue weighted by Gasteiger charge is 2.10. The molecule has 88 valence electrons. The lowest BCUT2D eigenvalue weighted by Crippen LogP contribution is -2.37. The lowest BCUT2D eigenvalue weighted by atomic mass is 10.2. The Bertz CT molecular complexity index is 356. The molecule has 1 rings (SSSR count). The molecule has 0 saturated carbocycles. The van der Waals surface area contributed by atoms with Gasteiger partial charge in [-0.2, -0.15) is 0 Å². The molecule has 0 unspecified atom stereocenters. The first-order valence-electron chi connectivity index (χ1n) is 4.12. The van der Waals surface area contributed by atoms with Crippen LogP contribution in [0.3, 0.4) is 0 Å². The van der Waals surface area contributed by atoms with E-state index < -0.39 is 6.16 Å². The van der Waals surface area contributed by atoms with E-state index in [-0.39, 0.29) is 5.97 Å². The number of methoxy groups -OCH3 is 2. The van der Waals surface area contributed by atoms with Gasteiger partial charge in [-0.25, -0.2) is 4.79 Å². The zero-order valence-corrected chi connectivity index (χ0v) is 8.76. The lowest BCUT2D eigenvalue weighted by molar-refractivity contribution is -0.415. The van der Waals surface area contributed by atoms with Crippen molar-refractivity contribution in [2.45, 2.75) is 0 Å². The second-order valence-electron chi connectivity index (χ2n) is 2.44. The van der Waals surface area contributed by atoms with Gasteiger partial charge in [0, 0.05) is 0 Å². The van der Waals surface area contributed by atoms with E-state index >= 15 is 0 Å². The second-order valence-corrected chi connectivity index (χ2v) is 2.44. The largest absolute Gasteiger partial charge is 0.652 e.